The summed E-state index contributed by atoms with van der Waals surface area (Å²) in [5, 5.41) is 11.9. The van der Waals surface area contributed by atoms with Gasteiger partial charge in [0.25, 0.3) is 11.8 Å². The molecule has 10 heteroatoms. The summed E-state index contributed by atoms with van der Waals surface area (Å²) in [4.78, 5) is 37.1. The number of piperidine rings is 1. The van der Waals surface area contributed by atoms with Crippen molar-refractivity contribution in [3.8, 4) is 0 Å². The highest BCUT2D eigenvalue weighted by Crippen LogP contribution is 2.25. The van der Waals surface area contributed by atoms with Crippen LogP contribution < -0.4 is 20.9 Å². The van der Waals surface area contributed by atoms with E-state index in [-0.39, 0.29) is 17.0 Å². The van der Waals surface area contributed by atoms with Gasteiger partial charge in [-0.2, -0.15) is 0 Å². The van der Waals surface area contributed by atoms with Crippen molar-refractivity contribution in [2.24, 2.45) is 0 Å². The van der Waals surface area contributed by atoms with Gasteiger partial charge in [-0.15, -0.1) is 11.3 Å². The van der Waals surface area contributed by atoms with E-state index < -0.39 is 12.1 Å². The molecule has 3 aromatic rings. The molecule has 8 nitrogen and oxygen atoms in total. The first-order chi connectivity index (χ1) is 16.9. The van der Waals surface area contributed by atoms with Crippen LogP contribution in [-0.4, -0.2) is 48.0 Å². The number of hydrogen-bond donors (Lipinski definition) is 3. The van der Waals surface area contributed by atoms with Gasteiger partial charge in [-0.1, -0.05) is 41.9 Å². The van der Waals surface area contributed by atoms with Gasteiger partial charge in [0.05, 0.1) is 12.1 Å². The monoisotopic (exact) mass is 512 g/mol. The molecule has 0 spiro atoms. The average molecular weight is 513 g/mol. The van der Waals surface area contributed by atoms with Crippen LogP contribution >= 0.6 is 22.9 Å². The van der Waals surface area contributed by atoms with E-state index in [0.717, 1.165) is 36.6 Å². The average Bonchev–Trinajstić information content (AvgIpc) is 3.38. The Morgan fingerprint density at radius 2 is 1.77 bits per heavy atom. The highest BCUT2D eigenvalue weighted by atomic mass is 35.5. The van der Waals surface area contributed by atoms with Crippen LogP contribution in [0.1, 0.15) is 58.6 Å². The van der Waals surface area contributed by atoms with E-state index in [1.807, 2.05) is 37.3 Å². The van der Waals surface area contributed by atoms with Crippen LogP contribution in [0.5, 0.6) is 0 Å². The number of carbonyl (C=O) groups excluding carboxylic acids is 2. The minimum atomic E-state index is -0.474. The van der Waals surface area contributed by atoms with Crippen LogP contribution in [0.25, 0.3) is 0 Å². The first-order valence-corrected chi connectivity index (χ1v) is 12.9. The molecule has 1 aliphatic rings. The fraction of sp³-hybridized carbons (Fsp3) is 0.360. The van der Waals surface area contributed by atoms with Gasteiger partial charge in [0.1, 0.15) is 16.7 Å². The van der Waals surface area contributed by atoms with Crippen LogP contribution in [0.3, 0.4) is 0 Å². The zero-order valence-electron chi connectivity index (χ0n) is 19.8. The van der Waals surface area contributed by atoms with E-state index >= 15 is 0 Å². The molecule has 2 amide bonds. The molecule has 0 bridgehead atoms. The molecule has 1 fully saturated rings. The quantitative estimate of drug-likeness (QED) is 0.384. The molecule has 1 saturated heterocycles. The van der Waals surface area contributed by atoms with Crippen LogP contribution in [0.4, 0.5) is 10.9 Å². The highest BCUT2D eigenvalue weighted by molar-refractivity contribution is 7.13. The lowest BCUT2D eigenvalue weighted by Crippen LogP contribution is -2.44. The molecule has 2 atom stereocenters. The number of rotatable bonds is 8. The molecule has 0 saturated carbocycles. The normalized spacial score (nSPS) is 15.2. The number of nitrogens with zero attached hydrogens (tertiary/aromatic N) is 3. The van der Waals surface area contributed by atoms with Gasteiger partial charge in [-0.05, 0) is 43.9 Å². The van der Waals surface area contributed by atoms with Gasteiger partial charge >= 0.3 is 0 Å². The summed E-state index contributed by atoms with van der Waals surface area (Å²) in [7, 11) is 1.71. The van der Waals surface area contributed by atoms with Gasteiger partial charge in [-0.3, -0.25) is 9.59 Å². The summed E-state index contributed by atoms with van der Waals surface area (Å²) < 4.78 is 0. The van der Waals surface area contributed by atoms with Crippen molar-refractivity contribution < 1.29 is 9.59 Å². The number of nitrogens with one attached hydrogen (secondary N) is 3. The molecule has 3 heterocycles. The predicted molar refractivity (Wildman–Crippen MR) is 141 cm³/mol. The summed E-state index contributed by atoms with van der Waals surface area (Å²) in [6.07, 6.45) is 3.53. The number of thiazole rings is 1. The molecule has 1 aliphatic heterocycles. The second-order valence-corrected chi connectivity index (χ2v) is 9.72. The number of benzene rings is 1. The number of halogens is 1. The predicted octanol–water partition coefficient (Wildman–Crippen LogP) is 4.51. The second-order valence-electron chi connectivity index (χ2n) is 8.50. The molecule has 1 aromatic carbocycles. The van der Waals surface area contributed by atoms with E-state index in [4.69, 9.17) is 11.6 Å². The van der Waals surface area contributed by atoms with Crippen molar-refractivity contribution >= 4 is 45.7 Å². The highest BCUT2D eigenvalue weighted by Gasteiger charge is 2.26. The molecule has 2 unspecified atom stereocenters. The molecule has 35 heavy (non-hydrogen) atoms. The van der Waals surface area contributed by atoms with Crippen molar-refractivity contribution in [2.45, 2.75) is 38.3 Å². The third kappa shape index (κ3) is 6.29. The minimum Gasteiger partial charge on any atom is -0.373 e. The van der Waals surface area contributed by atoms with Gasteiger partial charge in [0.15, 0.2) is 5.13 Å². The van der Waals surface area contributed by atoms with Crippen LogP contribution in [-0.2, 0) is 0 Å². The van der Waals surface area contributed by atoms with E-state index in [9.17, 15) is 9.59 Å². The summed E-state index contributed by atoms with van der Waals surface area (Å²) in [6, 6.07) is 11.8. The van der Waals surface area contributed by atoms with Crippen molar-refractivity contribution in [3.05, 3.63) is 69.8 Å². The molecule has 4 rings (SSSR count). The lowest BCUT2D eigenvalue weighted by molar-refractivity contribution is 0.0885. The third-order valence-electron chi connectivity index (χ3n) is 5.97. The molecular weight excluding hydrogens is 484 g/mol. The SMILES string of the molecule is CNc1cc(C(=O)NC(c2ccccc2)C(C)NC(=O)c2csc(N3CCCCC3)n2)cc(Cl)n1. The maximum atomic E-state index is 13.1. The Labute approximate surface area is 214 Å². The lowest BCUT2D eigenvalue weighted by atomic mass is 9.99. The molecule has 0 aliphatic carbocycles. The number of anilines is 2. The Kier molecular flexibility index (Phi) is 8.20. The number of carbonyl (C=O) groups is 2. The summed E-state index contributed by atoms with van der Waals surface area (Å²) in [5.41, 5.74) is 1.63. The zero-order chi connectivity index (χ0) is 24.8. The van der Waals surface area contributed by atoms with E-state index in [0.29, 0.717) is 17.1 Å². The molecule has 184 valence electrons. The van der Waals surface area contributed by atoms with Crippen LogP contribution in [0, 0.1) is 0 Å². The van der Waals surface area contributed by atoms with Gasteiger partial charge in [-0.25, -0.2) is 9.97 Å². The Morgan fingerprint density at radius 3 is 2.49 bits per heavy atom. The van der Waals surface area contributed by atoms with Gasteiger partial charge in [0.2, 0.25) is 0 Å². The largest absolute Gasteiger partial charge is 0.373 e. The molecule has 2 aromatic heterocycles. The standard InChI is InChI=1S/C25H29ClN6O2S/c1-16(28-24(34)19-15-35-25(29-19)32-11-7-4-8-12-32)22(17-9-5-3-6-10-17)31-23(33)18-13-20(26)30-21(14-18)27-2/h3,5-6,9-10,13-16,22H,4,7-8,11-12H2,1-2H3,(H,27,30)(H,28,34)(H,31,33). The number of aromatic nitrogens is 2. The molecular formula is C25H29ClN6O2S. The lowest BCUT2D eigenvalue weighted by Gasteiger charge is -2.27. The number of pyridine rings is 1. The smallest absolute Gasteiger partial charge is 0.271 e. The Balaban J connectivity index is 1.50. The van der Waals surface area contributed by atoms with Crippen molar-refractivity contribution in [1.82, 2.24) is 20.6 Å². The first-order valence-electron chi connectivity index (χ1n) is 11.7. The molecule has 3 N–H and O–H groups in total. The Bertz CT molecular complexity index is 1170. The topological polar surface area (TPSA) is 99.2 Å². The Hall–Kier alpha value is -3.17. The summed E-state index contributed by atoms with van der Waals surface area (Å²) in [5.74, 6) is -0.0910. The van der Waals surface area contributed by atoms with Crippen LogP contribution in [0.15, 0.2) is 47.8 Å². The van der Waals surface area contributed by atoms with Crippen LogP contribution in [0.2, 0.25) is 5.15 Å². The maximum absolute atomic E-state index is 13.1. The fourth-order valence-corrected chi connectivity index (χ4v) is 5.17. The van der Waals surface area contributed by atoms with Crippen molar-refractivity contribution in [2.75, 3.05) is 30.4 Å². The van der Waals surface area contributed by atoms with E-state index in [1.165, 1.54) is 23.8 Å². The third-order valence-corrected chi connectivity index (χ3v) is 7.06. The second kappa shape index (κ2) is 11.5. The minimum absolute atomic E-state index is 0.215. The van der Waals surface area contributed by atoms with E-state index in [2.05, 4.69) is 30.8 Å². The fourth-order valence-electron chi connectivity index (χ4n) is 4.10. The Morgan fingerprint density at radius 1 is 1.03 bits per heavy atom. The zero-order valence-corrected chi connectivity index (χ0v) is 21.3. The van der Waals surface area contributed by atoms with Crippen molar-refractivity contribution in [1.29, 1.82) is 0 Å². The van der Waals surface area contributed by atoms with Crippen molar-refractivity contribution in [3.63, 3.8) is 0 Å². The van der Waals surface area contributed by atoms with Gasteiger partial charge < -0.3 is 20.9 Å². The number of hydrogen-bond acceptors (Lipinski definition) is 7. The number of amides is 2. The molecule has 0 radical (unpaired) electrons. The maximum Gasteiger partial charge on any atom is 0.271 e. The van der Waals surface area contributed by atoms with Gasteiger partial charge in [0, 0.05) is 31.1 Å². The summed E-state index contributed by atoms with van der Waals surface area (Å²) in [6.45, 7) is 3.81. The van der Waals surface area contributed by atoms with E-state index in [1.54, 1.807) is 18.5 Å². The summed E-state index contributed by atoms with van der Waals surface area (Å²) >= 11 is 7.58. The first kappa shape index (κ1) is 24.9.